The van der Waals surface area contributed by atoms with Crippen LogP contribution >= 0.6 is 23.1 Å². The van der Waals surface area contributed by atoms with Crippen molar-refractivity contribution in [3.05, 3.63) is 83.7 Å². The summed E-state index contributed by atoms with van der Waals surface area (Å²) in [4.78, 5) is 31.4. The van der Waals surface area contributed by atoms with E-state index >= 15 is 0 Å². The average Bonchev–Trinajstić information content (AvgIpc) is 3.40. The van der Waals surface area contributed by atoms with Crippen LogP contribution in [0.5, 0.6) is 0 Å². The number of rotatable bonds is 7. The smallest absolute Gasteiger partial charge is 0.338 e. The lowest BCUT2D eigenvalue weighted by Gasteiger charge is -2.05. The zero-order valence-electron chi connectivity index (χ0n) is 14.8. The van der Waals surface area contributed by atoms with Gasteiger partial charge >= 0.3 is 5.97 Å². The SMILES string of the molecule is O=C(OCC(=O)c1ccc[nH]1)c1ccc(CSc2nc3ccccc3s2)cc1. The molecule has 1 N–H and O–H groups in total. The fourth-order valence-corrected chi connectivity index (χ4v) is 4.62. The molecule has 0 radical (unpaired) electrons. The number of Topliss-reactive ketones (excluding diaryl/α,β-unsaturated/α-hetero) is 1. The molecule has 0 aliphatic carbocycles. The highest BCUT2D eigenvalue weighted by atomic mass is 32.2. The molecule has 0 saturated carbocycles. The minimum absolute atomic E-state index is 0.262. The molecule has 0 fully saturated rings. The number of hydrogen-bond acceptors (Lipinski definition) is 6. The summed E-state index contributed by atoms with van der Waals surface area (Å²) in [7, 11) is 0. The summed E-state index contributed by atoms with van der Waals surface area (Å²) in [6.45, 7) is -0.283. The van der Waals surface area contributed by atoms with E-state index in [0.717, 1.165) is 21.2 Å². The molecule has 0 aliphatic rings. The van der Waals surface area contributed by atoms with Crippen LogP contribution in [0.25, 0.3) is 10.2 Å². The highest BCUT2D eigenvalue weighted by Gasteiger charge is 2.12. The molecule has 4 aromatic rings. The number of benzene rings is 2. The molecule has 28 heavy (non-hydrogen) atoms. The second kappa shape index (κ2) is 8.41. The van der Waals surface area contributed by atoms with Crippen molar-refractivity contribution in [1.29, 1.82) is 0 Å². The van der Waals surface area contributed by atoms with Crippen LogP contribution in [0.3, 0.4) is 0 Å². The fourth-order valence-electron chi connectivity index (χ4n) is 2.59. The molecule has 140 valence electrons. The van der Waals surface area contributed by atoms with Crippen LogP contribution in [0.15, 0.2) is 71.2 Å². The Hall–Kier alpha value is -2.90. The van der Waals surface area contributed by atoms with Gasteiger partial charge in [-0.3, -0.25) is 4.79 Å². The minimum Gasteiger partial charge on any atom is -0.454 e. The maximum Gasteiger partial charge on any atom is 0.338 e. The molecule has 7 heteroatoms. The lowest BCUT2D eigenvalue weighted by molar-refractivity contribution is 0.0473. The summed E-state index contributed by atoms with van der Waals surface area (Å²) in [6.07, 6.45) is 1.65. The van der Waals surface area contributed by atoms with Crippen LogP contribution in [0, 0.1) is 0 Å². The zero-order valence-corrected chi connectivity index (χ0v) is 16.4. The van der Waals surface area contributed by atoms with Crippen LogP contribution in [-0.2, 0) is 10.5 Å². The lowest BCUT2D eigenvalue weighted by atomic mass is 10.1. The van der Waals surface area contributed by atoms with Gasteiger partial charge in [-0.2, -0.15) is 0 Å². The topological polar surface area (TPSA) is 72.1 Å². The molecule has 2 aromatic heterocycles. The second-order valence-corrected chi connectivity index (χ2v) is 8.27. The number of aromatic nitrogens is 2. The largest absolute Gasteiger partial charge is 0.454 e. The van der Waals surface area contributed by atoms with Gasteiger partial charge < -0.3 is 9.72 Å². The number of fused-ring (bicyclic) bond motifs is 1. The number of nitrogens with one attached hydrogen (secondary N) is 1. The number of thioether (sulfide) groups is 1. The molecule has 0 saturated heterocycles. The number of para-hydroxylation sites is 1. The number of carbonyl (C=O) groups is 2. The molecule has 0 spiro atoms. The predicted octanol–water partition coefficient (Wildman–Crippen LogP) is 4.96. The van der Waals surface area contributed by atoms with E-state index in [2.05, 4.69) is 16.0 Å². The molecule has 0 aliphatic heterocycles. The van der Waals surface area contributed by atoms with Crippen molar-refractivity contribution in [3.8, 4) is 0 Å². The first-order valence-corrected chi connectivity index (χ1v) is 10.4. The van der Waals surface area contributed by atoms with Gasteiger partial charge in [0.25, 0.3) is 0 Å². The summed E-state index contributed by atoms with van der Waals surface area (Å²) < 4.78 is 7.29. The minimum atomic E-state index is -0.509. The summed E-state index contributed by atoms with van der Waals surface area (Å²) in [5, 5.41) is 0. The Morgan fingerprint density at radius 2 is 1.86 bits per heavy atom. The number of ether oxygens (including phenoxy) is 1. The standard InChI is InChI=1S/C21H16N2O3S2/c24-18(16-5-3-11-22-16)12-26-20(25)15-9-7-14(8-10-15)13-27-21-23-17-4-1-2-6-19(17)28-21/h1-11,22H,12-13H2. The van der Waals surface area contributed by atoms with Gasteiger partial charge in [0.1, 0.15) is 0 Å². The van der Waals surface area contributed by atoms with Crippen molar-refractivity contribution in [3.63, 3.8) is 0 Å². The highest BCUT2D eigenvalue weighted by Crippen LogP contribution is 2.31. The Labute approximate surface area is 169 Å². The number of esters is 1. The number of nitrogens with zero attached hydrogens (tertiary/aromatic N) is 1. The monoisotopic (exact) mass is 408 g/mol. The Kier molecular flexibility index (Phi) is 5.55. The molecule has 5 nitrogen and oxygen atoms in total. The van der Waals surface area contributed by atoms with Crippen LogP contribution < -0.4 is 0 Å². The summed E-state index contributed by atoms with van der Waals surface area (Å²) in [6, 6.07) is 18.7. The predicted molar refractivity (Wildman–Crippen MR) is 111 cm³/mol. The summed E-state index contributed by atoms with van der Waals surface area (Å²) in [5.41, 5.74) is 2.95. The third-order valence-electron chi connectivity index (χ3n) is 4.06. The van der Waals surface area contributed by atoms with Crippen molar-refractivity contribution >= 4 is 45.1 Å². The molecule has 0 unspecified atom stereocenters. The van der Waals surface area contributed by atoms with Gasteiger partial charge in [0.2, 0.25) is 5.78 Å². The van der Waals surface area contributed by atoms with Crippen LogP contribution in [0.1, 0.15) is 26.4 Å². The van der Waals surface area contributed by atoms with E-state index in [4.69, 9.17) is 4.74 Å². The Bertz CT molecular complexity index is 1070. The van der Waals surface area contributed by atoms with Crippen LogP contribution in [0.2, 0.25) is 0 Å². The van der Waals surface area contributed by atoms with E-state index in [0.29, 0.717) is 11.3 Å². The van der Waals surface area contributed by atoms with Crippen molar-refractivity contribution < 1.29 is 14.3 Å². The molecular formula is C21H16N2O3S2. The number of thiazole rings is 1. The number of H-pyrrole nitrogens is 1. The van der Waals surface area contributed by atoms with Gasteiger partial charge in [0.15, 0.2) is 10.9 Å². The molecular weight excluding hydrogens is 392 g/mol. The maximum absolute atomic E-state index is 12.1. The van der Waals surface area contributed by atoms with Gasteiger partial charge in [-0.25, -0.2) is 9.78 Å². The number of carbonyl (C=O) groups excluding carboxylic acids is 2. The van der Waals surface area contributed by atoms with Crippen molar-refractivity contribution in [2.24, 2.45) is 0 Å². The van der Waals surface area contributed by atoms with Crippen molar-refractivity contribution in [2.45, 2.75) is 10.1 Å². The maximum atomic E-state index is 12.1. The van der Waals surface area contributed by atoms with Gasteiger partial charge in [-0.1, -0.05) is 36.0 Å². The number of ketones is 1. The zero-order chi connectivity index (χ0) is 19.3. The Morgan fingerprint density at radius 3 is 2.61 bits per heavy atom. The van der Waals surface area contributed by atoms with Crippen molar-refractivity contribution in [1.82, 2.24) is 9.97 Å². The van der Waals surface area contributed by atoms with E-state index in [1.807, 2.05) is 30.3 Å². The summed E-state index contributed by atoms with van der Waals surface area (Å²) in [5.74, 6) is -0.00650. The van der Waals surface area contributed by atoms with Gasteiger partial charge in [0.05, 0.1) is 21.5 Å². The fraction of sp³-hybridized carbons (Fsp3) is 0.0952. The van der Waals surface area contributed by atoms with E-state index in [-0.39, 0.29) is 12.4 Å². The molecule has 0 atom stereocenters. The molecule has 0 amide bonds. The first kappa shape index (κ1) is 18.5. The van der Waals surface area contributed by atoms with Crippen LogP contribution in [0.4, 0.5) is 0 Å². The number of aromatic amines is 1. The Morgan fingerprint density at radius 1 is 1.04 bits per heavy atom. The third kappa shape index (κ3) is 4.32. The quantitative estimate of drug-likeness (QED) is 0.266. The molecule has 0 bridgehead atoms. The number of hydrogen-bond donors (Lipinski definition) is 1. The molecule has 2 aromatic carbocycles. The van der Waals surface area contributed by atoms with Crippen LogP contribution in [-0.4, -0.2) is 28.3 Å². The lowest BCUT2D eigenvalue weighted by Crippen LogP contribution is -2.14. The van der Waals surface area contributed by atoms with Crippen molar-refractivity contribution in [2.75, 3.05) is 6.61 Å². The summed E-state index contributed by atoms with van der Waals surface area (Å²) >= 11 is 3.35. The average molecular weight is 409 g/mol. The normalized spacial score (nSPS) is 10.9. The van der Waals surface area contributed by atoms with Gasteiger partial charge in [-0.05, 0) is 42.0 Å². The second-order valence-electron chi connectivity index (χ2n) is 6.02. The first-order chi connectivity index (χ1) is 13.7. The van der Waals surface area contributed by atoms with E-state index in [1.54, 1.807) is 53.6 Å². The third-order valence-corrected chi connectivity index (χ3v) is 6.31. The van der Waals surface area contributed by atoms with Gasteiger partial charge in [-0.15, -0.1) is 11.3 Å². The first-order valence-electron chi connectivity index (χ1n) is 8.60. The highest BCUT2D eigenvalue weighted by molar-refractivity contribution is 8.00. The van der Waals surface area contributed by atoms with E-state index < -0.39 is 5.97 Å². The van der Waals surface area contributed by atoms with Gasteiger partial charge in [0, 0.05) is 11.9 Å². The van der Waals surface area contributed by atoms with E-state index in [1.165, 1.54) is 4.70 Å². The Balaban J connectivity index is 1.31. The van der Waals surface area contributed by atoms with E-state index in [9.17, 15) is 9.59 Å². The molecule has 4 rings (SSSR count). The molecule has 2 heterocycles.